The van der Waals surface area contributed by atoms with Crippen LogP contribution in [0.5, 0.6) is 0 Å². The lowest BCUT2D eigenvalue weighted by Crippen LogP contribution is -2.55. The summed E-state index contributed by atoms with van der Waals surface area (Å²) in [6, 6.07) is 2.81. The number of alkyl halides is 3. The number of carbonyl (C=O) groups is 1. The number of aryl methyl sites for hydroxylation is 1. The molecule has 166 valence electrons. The molecule has 0 bridgehead atoms. The van der Waals surface area contributed by atoms with E-state index < -0.39 is 17.6 Å². The van der Waals surface area contributed by atoms with Crippen molar-refractivity contribution in [1.82, 2.24) is 25.0 Å². The molecule has 0 aromatic carbocycles. The van der Waals surface area contributed by atoms with Gasteiger partial charge in [-0.1, -0.05) is 0 Å². The summed E-state index contributed by atoms with van der Waals surface area (Å²) < 4.78 is 41.5. The number of nitrogens with zero attached hydrogens (tertiary/aromatic N) is 4. The van der Waals surface area contributed by atoms with Crippen LogP contribution < -0.4 is 11.1 Å². The van der Waals surface area contributed by atoms with Gasteiger partial charge in [-0.05, 0) is 51.2 Å². The number of fused-ring (bicyclic) bond motifs is 2. The number of anilines is 1. The predicted molar refractivity (Wildman–Crippen MR) is 108 cm³/mol. The summed E-state index contributed by atoms with van der Waals surface area (Å²) in [6.45, 7) is 4.00. The number of amides is 2. The number of rotatable bonds is 2. The number of nitrogens with one attached hydrogen (secondary N) is 1. The van der Waals surface area contributed by atoms with Crippen molar-refractivity contribution in [3.05, 3.63) is 29.6 Å². The fraction of sp³-hybridized carbons (Fsp3) is 0.571. The molecular formula is C21H25F3N6O. The summed E-state index contributed by atoms with van der Waals surface area (Å²) in [6.07, 6.45) is 1.57. The fourth-order valence-electron chi connectivity index (χ4n) is 5.07. The number of hydrogen-bond donors (Lipinski definition) is 2. The van der Waals surface area contributed by atoms with Crippen LogP contribution in [0.25, 0.3) is 11.3 Å². The van der Waals surface area contributed by atoms with Crippen LogP contribution in [0.15, 0.2) is 18.3 Å². The van der Waals surface area contributed by atoms with Gasteiger partial charge in [0.05, 0.1) is 11.3 Å². The summed E-state index contributed by atoms with van der Waals surface area (Å²) in [5.74, 6) is -0.544. The molecule has 1 spiro atoms. The van der Waals surface area contributed by atoms with Crippen LogP contribution in [0.4, 0.5) is 23.8 Å². The van der Waals surface area contributed by atoms with E-state index in [4.69, 9.17) is 5.73 Å². The summed E-state index contributed by atoms with van der Waals surface area (Å²) in [7, 11) is 0. The molecule has 2 fully saturated rings. The van der Waals surface area contributed by atoms with Crippen LogP contribution >= 0.6 is 0 Å². The molecule has 4 heterocycles. The van der Waals surface area contributed by atoms with E-state index in [1.54, 1.807) is 0 Å². The highest BCUT2D eigenvalue weighted by Crippen LogP contribution is 2.44. The minimum Gasteiger partial charge on any atom is -0.383 e. The third-order valence-electron chi connectivity index (χ3n) is 7.15. The largest absolute Gasteiger partial charge is 0.419 e. The van der Waals surface area contributed by atoms with E-state index in [0.29, 0.717) is 25.3 Å². The highest BCUT2D eigenvalue weighted by molar-refractivity contribution is 5.76. The molecule has 3 aliphatic rings. The van der Waals surface area contributed by atoms with Crippen LogP contribution in [0.3, 0.4) is 0 Å². The topological polar surface area (TPSA) is 89.1 Å². The van der Waals surface area contributed by atoms with E-state index in [1.165, 1.54) is 6.20 Å². The summed E-state index contributed by atoms with van der Waals surface area (Å²) in [5, 5.41) is 7.69. The van der Waals surface area contributed by atoms with Crippen molar-refractivity contribution < 1.29 is 18.0 Å². The lowest BCUT2D eigenvalue weighted by Gasteiger charge is -2.40. The van der Waals surface area contributed by atoms with Gasteiger partial charge in [0.15, 0.2) is 0 Å². The van der Waals surface area contributed by atoms with Crippen LogP contribution in [0.2, 0.25) is 0 Å². The molecule has 5 rings (SSSR count). The predicted octanol–water partition coefficient (Wildman–Crippen LogP) is 3.55. The van der Waals surface area contributed by atoms with Gasteiger partial charge in [0.1, 0.15) is 5.82 Å². The minimum atomic E-state index is -4.58. The SMILES string of the molecule is CC1(NC(=O)N2CCC3(CCn4nc(-c5cnc(N)c(C(F)(F)F)c5)cc43)C2)CCC1. The third kappa shape index (κ3) is 3.32. The fourth-order valence-corrected chi connectivity index (χ4v) is 5.07. The number of halogens is 3. The molecule has 0 radical (unpaired) electrons. The lowest BCUT2D eigenvalue weighted by atomic mass is 9.79. The number of hydrogen-bond acceptors (Lipinski definition) is 4. The maximum absolute atomic E-state index is 13.2. The molecule has 1 unspecified atom stereocenters. The second kappa shape index (κ2) is 6.61. The van der Waals surface area contributed by atoms with Crippen LogP contribution in [-0.4, -0.2) is 44.3 Å². The Labute approximate surface area is 177 Å². The number of nitrogen functional groups attached to an aromatic ring is 1. The quantitative estimate of drug-likeness (QED) is 0.757. The van der Waals surface area contributed by atoms with Gasteiger partial charge >= 0.3 is 12.2 Å². The zero-order valence-corrected chi connectivity index (χ0v) is 17.3. The van der Waals surface area contributed by atoms with E-state index in [-0.39, 0.29) is 22.5 Å². The second-order valence-corrected chi connectivity index (χ2v) is 9.34. The molecule has 2 amide bonds. The first-order chi connectivity index (χ1) is 14.6. The van der Waals surface area contributed by atoms with Crippen LogP contribution in [-0.2, 0) is 18.1 Å². The van der Waals surface area contributed by atoms with Gasteiger partial charge in [-0.2, -0.15) is 18.3 Å². The first-order valence-electron chi connectivity index (χ1n) is 10.6. The van der Waals surface area contributed by atoms with Crippen molar-refractivity contribution in [2.45, 2.75) is 62.7 Å². The first kappa shape index (κ1) is 20.1. The summed E-state index contributed by atoms with van der Waals surface area (Å²) >= 11 is 0. The number of likely N-dealkylation sites (tertiary alicyclic amines) is 1. The maximum Gasteiger partial charge on any atom is 0.419 e. The molecule has 2 aliphatic heterocycles. The molecule has 1 saturated carbocycles. The van der Waals surface area contributed by atoms with Gasteiger partial charge < -0.3 is 16.0 Å². The van der Waals surface area contributed by atoms with Crippen molar-refractivity contribution in [1.29, 1.82) is 0 Å². The number of pyridine rings is 1. The van der Waals surface area contributed by atoms with Crippen molar-refractivity contribution in [2.75, 3.05) is 18.8 Å². The van der Waals surface area contributed by atoms with Gasteiger partial charge in [-0.15, -0.1) is 0 Å². The number of urea groups is 1. The van der Waals surface area contributed by atoms with Gasteiger partial charge in [0.2, 0.25) is 0 Å². The molecule has 1 aliphatic carbocycles. The Morgan fingerprint density at radius 1 is 1.19 bits per heavy atom. The molecule has 10 heteroatoms. The Balaban J connectivity index is 1.38. The third-order valence-corrected chi connectivity index (χ3v) is 7.15. The van der Waals surface area contributed by atoms with E-state index in [9.17, 15) is 18.0 Å². The Bertz CT molecular complexity index is 1040. The summed E-state index contributed by atoms with van der Waals surface area (Å²) in [5.41, 5.74) is 5.85. The maximum atomic E-state index is 13.2. The highest BCUT2D eigenvalue weighted by atomic mass is 19.4. The number of carbonyl (C=O) groups excluding carboxylic acids is 1. The average Bonchev–Trinajstić information content (AvgIpc) is 3.37. The van der Waals surface area contributed by atoms with Gasteiger partial charge in [0.25, 0.3) is 0 Å². The molecule has 1 saturated heterocycles. The van der Waals surface area contributed by atoms with E-state index in [1.807, 2.05) is 15.6 Å². The van der Waals surface area contributed by atoms with Gasteiger partial charge in [-0.3, -0.25) is 4.68 Å². The Kier molecular flexibility index (Phi) is 4.29. The molecule has 1 atom stereocenters. The molecule has 2 aromatic rings. The minimum absolute atomic E-state index is 0.0326. The van der Waals surface area contributed by atoms with E-state index in [0.717, 1.165) is 43.9 Å². The lowest BCUT2D eigenvalue weighted by molar-refractivity contribution is -0.137. The molecule has 31 heavy (non-hydrogen) atoms. The number of nitrogens with two attached hydrogens (primary N) is 1. The highest BCUT2D eigenvalue weighted by Gasteiger charge is 2.48. The molecular weight excluding hydrogens is 409 g/mol. The zero-order chi connectivity index (χ0) is 22.0. The van der Waals surface area contributed by atoms with Crippen molar-refractivity contribution in [3.63, 3.8) is 0 Å². The molecule has 7 nitrogen and oxygen atoms in total. The van der Waals surface area contributed by atoms with Gasteiger partial charge in [-0.25, -0.2) is 9.78 Å². The monoisotopic (exact) mass is 434 g/mol. The van der Waals surface area contributed by atoms with Crippen molar-refractivity contribution in [3.8, 4) is 11.3 Å². The van der Waals surface area contributed by atoms with Gasteiger partial charge in [0, 0.05) is 48.0 Å². The van der Waals surface area contributed by atoms with Crippen molar-refractivity contribution >= 4 is 11.8 Å². The first-order valence-corrected chi connectivity index (χ1v) is 10.6. The standard InChI is InChI=1S/C21H25F3N6O/c1-19(3-2-4-19)27-18(31)29-7-5-20(12-29)6-8-30-16(20)10-15(28-30)13-9-14(21(22,23)24)17(25)26-11-13/h9-11H,2-8,12H2,1H3,(H2,25,26)(H,27,31). The second-order valence-electron chi connectivity index (χ2n) is 9.34. The molecule has 2 aromatic heterocycles. The van der Waals surface area contributed by atoms with E-state index in [2.05, 4.69) is 22.3 Å². The van der Waals surface area contributed by atoms with Crippen LogP contribution in [0.1, 0.15) is 50.3 Å². The Morgan fingerprint density at radius 3 is 2.61 bits per heavy atom. The Morgan fingerprint density at radius 2 is 1.94 bits per heavy atom. The zero-order valence-electron chi connectivity index (χ0n) is 17.3. The molecule has 3 N–H and O–H groups in total. The Hall–Kier alpha value is -2.78. The van der Waals surface area contributed by atoms with E-state index >= 15 is 0 Å². The number of aromatic nitrogens is 3. The van der Waals surface area contributed by atoms with Crippen LogP contribution in [0, 0.1) is 0 Å². The average molecular weight is 434 g/mol. The summed E-state index contributed by atoms with van der Waals surface area (Å²) in [4.78, 5) is 18.3. The van der Waals surface area contributed by atoms with Crippen molar-refractivity contribution in [2.24, 2.45) is 0 Å². The smallest absolute Gasteiger partial charge is 0.383 e. The normalized spacial score (nSPS) is 24.3.